The summed E-state index contributed by atoms with van der Waals surface area (Å²) in [5.41, 5.74) is 1.88. The number of rotatable bonds is 5. The summed E-state index contributed by atoms with van der Waals surface area (Å²) < 4.78 is 12.7. The number of benzene rings is 1. The van der Waals surface area contributed by atoms with Gasteiger partial charge in [0.2, 0.25) is 7.37 Å². The zero-order valence-corrected chi connectivity index (χ0v) is 13.0. The Bertz CT molecular complexity index is 507. The maximum atomic E-state index is 12.7. The number of hydrogen-bond acceptors (Lipinski definition) is 1. The Morgan fingerprint density at radius 2 is 1.74 bits per heavy atom. The summed E-state index contributed by atoms with van der Waals surface area (Å²) in [6.45, 7) is 7.93. The van der Waals surface area contributed by atoms with Crippen LogP contribution in [0.3, 0.4) is 0 Å². The van der Waals surface area contributed by atoms with Gasteiger partial charge in [0.1, 0.15) is 0 Å². The van der Waals surface area contributed by atoms with Crippen molar-refractivity contribution in [3.05, 3.63) is 53.6 Å². The van der Waals surface area contributed by atoms with E-state index in [9.17, 15) is 9.46 Å². The van der Waals surface area contributed by atoms with Crippen LogP contribution < -0.4 is 5.30 Å². The number of hydrogen-bond donors (Lipinski definition) is 1. The molecule has 0 saturated carbocycles. The SMILES string of the molecule is CC(C)=CCC(C=C(C)C)P(=O)(O)c1ccccc1. The molecule has 0 heterocycles. The summed E-state index contributed by atoms with van der Waals surface area (Å²) in [6, 6.07) is 8.93. The van der Waals surface area contributed by atoms with Gasteiger partial charge in [0, 0.05) is 5.30 Å². The molecule has 104 valence electrons. The first-order chi connectivity index (χ1) is 8.84. The summed E-state index contributed by atoms with van der Waals surface area (Å²) >= 11 is 0. The first-order valence-corrected chi connectivity index (χ1v) is 8.23. The molecule has 3 heteroatoms. The largest absolute Gasteiger partial charge is 0.341 e. The van der Waals surface area contributed by atoms with E-state index < -0.39 is 7.37 Å². The molecule has 0 aliphatic rings. The molecule has 1 aromatic carbocycles. The Hall–Kier alpha value is -1.11. The Morgan fingerprint density at radius 3 is 2.21 bits per heavy atom. The van der Waals surface area contributed by atoms with E-state index in [1.165, 1.54) is 5.57 Å². The van der Waals surface area contributed by atoms with E-state index in [0.29, 0.717) is 11.7 Å². The smallest absolute Gasteiger partial charge is 0.236 e. The van der Waals surface area contributed by atoms with Gasteiger partial charge in [-0.25, -0.2) is 0 Å². The predicted octanol–water partition coefficient (Wildman–Crippen LogP) is 4.27. The first kappa shape index (κ1) is 15.9. The highest BCUT2D eigenvalue weighted by Crippen LogP contribution is 2.47. The fourth-order valence-electron chi connectivity index (χ4n) is 1.89. The quantitative estimate of drug-likeness (QED) is 0.645. The molecule has 0 aromatic heterocycles. The molecule has 0 amide bonds. The van der Waals surface area contributed by atoms with Crippen LogP contribution in [0.2, 0.25) is 0 Å². The highest BCUT2D eigenvalue weighted by molar-refractivity contribution is 7.67. The Labute approximate surface area is 116 Å². The van der Waals surface area contributed by atoms with Crippen LogP contribution in [0.5, 0.6) is 0 Å². The molecule has 2 atom stereocenters. The average molecular weight is 278 g/mol. The van der Waals surface area contributed by atoms with E-state index in [0.717, 1.165) is 5.57 Å². The lowest BCUT2D eigenvalue weighted by atomic mass is 10.2. The van der Waals surface area contributed by atoms with Crippen LogP contribution in [0, 0.1) is 0 Å². The van der Waals surface area contributed by atoms with Crippen LogP contribution in [0.1, 0.15) is 34.1 Å². The molecule has 2 unspecified atom stereocenters. The van der Waals surface area contributed by atoms with E-state index in [-0.39, 0.29) is 5.66 Å². The van der Waals surface area contributed by atoms with E-state index in [1.807, 2.05) is 45.9 Å². The maximum absolute atomic E-state index is 12.7. The second kappa shape index (κ2) is 6.88. The lowest BCUT2D eigenvalue weighted by Crippen LogP contribution is -2.15. The topological polar surface area (TPSA) is 37.3 Å². The molecule has 0 radical (unpaired) electrons. The predicted molar refractivity (Wildman–Crippen MR) is 83.2 cm³/mol. The van der Waals surface area contributed by atoms with Gasteiger partial charge >= 0.3 is 0 Å². The Balaban J connectivity index is 3.13. The molecule has 0 aliphatic heterocycles. The van der Waals surface area contributed by atoms with Gasteiger partial charge in [0.15, 0.2) is 0 Å². The molecule has 0 saturated heterocycles. The van der Waals surface area contributed by atoms with Gasteiger partial charge in [-0.3, -0.25) is 4.57 Å². The summed E-state index contributed by atoms with van der Waals surface area (Å²) in [4.78, 5) is 10.5. The maximum Gasteiger partial charge on any atom is 0.236 e. The lowest BCUT2D eigenvalue weighted by molar-refractivity contribution is 0.482. The lowest BCUT2D eigenvalue weighted by Gasteiger charge is -2.20. The minimum atomic E-state index is -3.39. The van der Waals surface area contributed by atoms with Gasteiger partial charge in [0.05, 0.1) is 5.66 Å². The minimum Gasteiger partial charge on any atom is -0.341 e. The van der Waals surface area contributed by atoms with E-state index >= 15 is 0 Å². The summed E-state index contributed by atoms with van der Waals surface area (Å²) in [5.74, 6) is 0. The molecular weight excluding hydrogens is 255 g/mol. The average Bonchev–Trinajstić information content (AvgIpc) is 2.34. The van der Waals surface area contributed by atoms with Crippen molar-refractivity contribution in [1.82, 2.24) is 0 Å². The van der Waals surface area contributed by atoms with Gasteiger partial charge in [-0.15, -0.1) is 0 Å². The fourth-order valence-corrected chi connectivity index (χ4v) is 3.76. The van der Waals surface area contributed by atoms with Crippen LogP contribution in [0.15, 0.2) is 53.6 Å². The first-order valence-electron chi connectivity index (χ1n) is 6.50. The third-order valence-electron chi connectivity index (χ3n) is 2.87. The van der Waals surface area contributed by atoms with Crippen LogP contribution in [-0.2, 0) is 4.57 Å². The highest BCUT2D eigenvalue weighted by Gasteiger charge is 2.30. The van der Waals surface area contributed by atoms with E-state index in [2.05, 4.69) is 0 Å². The molecule has 1 aromatic rings. The number of allylic oxidation sites excluding steroid dienone is 4. The third-order valence-corrected chi connectivity index (χ3v) is 5.17. The van der Waals surface area contributed by atoms with Crippen molar-refractivity contribution in [1.29, 1.82) is 0 Å². The Kier molecular flexibility index (Phi) is 5.78. The molecule has 1 rings (SSSR count). The monoisotopic (exact) mass is 278 g/mol. The van der Waals surface area contributed by atoms with Crippen LogP contribution in [0.25, 0.3) is 0 Å². The zero-order chi connectivity index (χ0) is 14.5. The van der Waals surface area contributed by atoms with E-state index in [1.54, 1.807) is 24.3 Å². The van der Waals surface area contributed by atoms with Crippen LogP contribution >= 0.6 is 7.37 Å². The molecule has 0 fully saturated rings. The van der Waals surface area contributed by atoms with Crippen molar-refractivity contribution in [2.45, 2.75) is 39.8 Å². The van der Waals surface area contributed by atoms with Crippen molar-refractivity contribution >= 4 is 12.7 Å². The molecule has 2 nitrogen and oxygen atoms in total. The highest BCUT2D eigenvalue weighted by atomic mass is 31.2. The summed E-state index contributed by atoms with van der Waals surface area (Å²) in [6.07, 6.45) is 4.53. The summed E-state index contributed by atoms with van der Waals surface area (Å²) in [7, 11) is -3.39. The van der Waals surface area contributed by atoms with Crippen molar-refractivity contribution in [3.8, 4) is 0 Å². The van der Waals surface area contributed by atoms with Crippen LogP contribution in [-0.4, -0.2) is 10.6 Å². The van der Waals surface area contributed by atoms with Crippen LogP contribution in [0.4, 0.5) is 0 Å². The second-order valence-corrected chi connectivity index (χ2v) is 7.71. The molecule has 0 bridgehead atoms. The molecule has 0 spiro atoms. The zero-order valence-electron chi connectivity index (χ0n) is 12.1. The summed E-state index contributed by atoms with van der Waals surface area (Å²) in [5, 5.41) is 0.527. The van der Waals surface area contributed by atoms with Gasteiger partial charge in [-0.1, -0.05) is 41.5 Å². The second-order valence-electron chi connectivity index (χ2n) is 5.29. The van der Waals surface area contributed by atoms with Crippen molar-refractivity contribution in [2.75, 3.05) is 0 Å². The minimum absolute atomic E-state index is 0.352. The molecule has 1 N–H and O–H groups in total. The standard InChI is InChI=1S/C16H23O2P/c1-13(2)10-11-16(12-14(3)4)19(17,18)15-8-6-5-7-9-15/h5-10,12,16H,11H2,1-4H3,(H,17,18). The molecule has 0 aliphatic carbocycles. The van der Waals surface area contributed by atoms with Gasteiger partial charge in [-0.05, 0) is 46.2 Å². The fraction of sp³-hybridized carbons (Fsp3) is 0.375. The van der Waals surface area contributed by atoms with Crippen molar-refractivity contribution in [2.24, 2.45) is 0 Å². The molecule has 19 heavy (non-hydrogen) atoms. The van der Waals surface area contributed by atoms with Gasteiger partial charge < -0.3 is 4.89 Å². The van der Waals surface area contributed by atoms with E-state index in [4.69, 9.17) is 0 Å². The van der Waals surface area contributed by atoms with Crippen molar-refractivity contribution in [3.63, 3.8) is 0 Å². The van der Waals surface area contributed by atoms with Crippen molar-refractivity contribution < 1.29 is 9.46 Å². The molecular formula is C16H23O2P. The Morgan fingerprint density at radius 1 is 1.16 bits per heavy atom. The third kappa shape index (κ3) is 4.81. The van der Waals surface area contributed by atoms with Gasteiger partial charge in [-0.2, -0.15) is 0 Å². The normalized spacial score (nSPS) is 15.2. The van der Waals surface area contributed by atoms with Gasteiger partial charge in [0.25, 0.3) is 0 Å².